The highest BCUT2D eigenvalue weighted by atomic mass is 16.5. The van der Waals surface area contributed by atoms with Gasteiger partial charge in [-0.1, -0.05) is 33.3 Å². The molecule has 0 aromatic carbocycles. The van der Waals surface area contributed by atoms with Crippen LogP contribution in [0.2, 0.25) is 0 Å². The molecule has 21 heavy (non-hydrogen) atoms. The Balaban J connectivity index is 2.23. The molecule has 0 bridgehead atoms. The van der Waals surface area contributed by atoms with Crippen LogP contribution in [0.1, 0.15) is 73.1 Å². The molecular formula is C19H32O2. The zero-order valence-electron chi connectivity index (χ0n) is 14.5. The molecule has 2 nitrogen and oxygen atoms in total. The number of carbonyl (C=O) groups is 1. The first-order valence-corrected chi connectivity index (χ1v) is 8.79. The Morgan fingerprint density at radius 1 is 1.24 bits per heavy atom. The number of hydrogen-bond donors (Lipinski definition) is 0. The van der Waals surface area contributed by atoms with Crippen LogP contribution in [0.5, 0.6) is 0 Å². The van der Waals surface area contributed by atoms with Crippen molar-refractivity contribution in [2.75, 3.05) is 6.61 Å². The first kappa shape index (κ1) is 16.6. The second-order valence-electron chi connectivity index (χ2n) is 7.57. The zero-order chi connectivity index (χ0) is 15.6. The molecule has 0 N–H and O–H groups in total. The summed E-state index contributed by atoms with van der Waals surface area (Å²) in [5.41, 5.74) is 2.74. The number of allylic oxidation sites excluding steroid dienone is 1. The Bertz CT molecular complexity index is 419. The number of rotatable bonds is 3. The second kappa shape index (κ2) is 6.54. The fourth-order valence-corrected chi connectivity index (χ4v) is 4.54. The third kappa shape index (κ3) is 3.19. The summed E-state index contributed by atoms with van der Waals surface area (Å²) in [5.74, 6) is 2.31. The lowest BCUT2D eigenvalue weighted by molar-refractivity contribution is -0.138. The van der Waals surface area contributed by atoms with Crippen molar-refractivity contribution in [2.45, 2.75) is 73.1 Å². The van der Waals surface area contributed by atoms with Gasteiger partial charge in [-0.15, -0.1) is 0 Å². The van der Waals surface area contributed by atoms with Gasteiger partial charge in [0.2, 0.25) is 0 Å². The van der Waals surface area contributed by atoms with Gasteiger partial charge in [0, 0.05) is 5.57 Å². The van der Waals surface area contributed by atoms with Crippen LogP contribution in [0.15, 0.2) is 11.1 Å². The molecular weight excluding hydrogens is 260 g/mol. The molecule has 2 rings (SSSR count). The van der Waals surface area contributed by atoms with Crippen LogP contribution < -0.4 is 0 Å². The fraction of sp³-hybridized carbons (Fsp3) is 0.842. The monoisotopic (exact) mass is 292 g/mol. The average Bonchev–Trinajstić information content (AvgIpc) is 2.45. The standard InChI is InChI=1S/C19H32O2/c1-6-16(18(20)21-7-2)15-11-10-14-9-8-13(3)19(4,5)17(14)12-15/h13-14,17H,6-12H2,1-5H3/t13-,14+,17+/m0/s1. The van der Waals surface area contributed by atoms with E-state index in [0.29, 0.717) is 12.0 Å². The van der Waals surface area contributed by atoms with Gasteiger partial charge in [-0.2, -0.15) is 0 Å². The van der Waals surface area contributed by atoms with Gasteiger partial charge in [0.05, 0.1) is 6.61 Å². The molecule has 2 heteroatoms. The molecule has 3 atom stereocenters. The van der Waals surface area contributed by atoms with Crippen molar-refractivity contribution >= 4 is 5.97 Å². The lowest BCUT2D eigenvalue weighted by atomic mass is 9.54. The van der Waals surface area contributed by atoms with Crippen molar-refractivity contribution < 1.29 is 9.53 Å². The number of ether oxygens (including phenoxy) is 1. The molecule has 0 unspecified atom stereocenters. The molecule has 0 aromatic heterocycles. The summed E-state index contributed by atoms with van der Waals surface area (Å²) in [6, 6.07) is 0. The Morgan fingerprint density at radius 2 is 1.95 bits per heavy atom. The van der Waals surface area contributed by atoms with E-state index in [-0.39, 0.29) is 5.97 Å². The lowest BCUT2D eigenvalue weighted by Crippen LogP contribution is -2.42. The van der Waals surface area contributed by atoms with Crippen molar-refractivity contribution in [3.8, 4) is 0 Å². The van der Waals surface area contributed by atoms with E-state index in [2.05, 4.69) is 27.7 Å². The Morgan fingerprint density at radius 3 is 2.57 bits per heavy atom. The lowest BCUT2D eigenvalue weighted by Gasteiger charge is -2.51. The molecule has 2 fully saturated rings. The minimum atomic E-state index is -0.0740. The van der Waals surface area contributed by atoms with Gasteiger partial charge in [0.15, 0.2) is 0 Å². The van der Waals surface area contributed by atoms with Crippen LogP contribution in [0.3, 0.4) is 0 Å². The molecule has 0 radical (unpaired) electrons. The van der Waals surface area contributed by atoms with Gasteiger partial charge in [0.25, 0.3) is 0 Å². The van der Waals surface area contributed by atoms with Crippen LogP contribution in [0.25, 0.3) is 0 Å². The van der Waals surface area contributed by atoms with Gasteiger partial charge >= 0.3 is 5.97 Å². The van der Waals surface area contributed by atoms with Crippen LogP contribution in [-0.2, 0) is 9.53 Å². The topological polar surface area (TPSA) is 26.3 Å². The predicted octanol–water partition coefficient (Wildman–Crippen LogP) is 5.13. The highest BCUT2D eigenvalue weighted by Gasteiger charge is 2.45. The minimum Gasteiger partial charge on any atom is -0.463 e. The average molecular weight is 292 g/mol. The molecule has 2 aliphatic carbocycles. The molecule has 0 amide bonds. The molecule has 0 saturated heterocycles. The predicted molar refractivity (Wildman–Crippen MR) is 87.0 cm³/mol. The van der Waals surface area contributed by atoms with Gasteiger partial charge < -0.3 is 4.74 Å². The Kier molecular flexibility index (Phi) is 5.16. The summed E-state index contributed by atoms with van der Waals surface area (Å²) < 4.78 is 5.26. The molecule has 0 heterocycles. The summed E-state index contributed by atoms with van der Waals surface area (Å²) in [7, 11) is 0. The molecule has 2 aliphatic rings. The van der Waals surface area contributed by atoms with Crippen LogP contribution in [0.4, 0.5) is 0 Å². The summed E-state index contributed by atoms with van der Waals surface area (Å²) >= 11 is 0. The highest BCUT2D eigenvalue weighted by Crippen LogP contribution is 2.54. The van der Waals surface area contributed by atoms with Crippen molar-refractivity contribution in [3.63, 3.8) is 0 Å². The van der Waals surface area contributed by atoms with E-state index >= 15 is 0 Å². The van der Waals surface area contributed by atoms with Crippen molar-refractivity contribution in [1.82, 2.24) is 0 Å². The van der Waals surface area contributed by atoms with Crippen LogP contribution in [-0.4, -0.2) is 12.6 Å². The summed E-state index contributed by atoms with van der Waals surface area (Å²) in [5, 5.41) is 0. The van der Waals surface area contributed by atoms with Crippen LogP contribution >= 0.6 is 0 Å². The third-order valence-electron chi connectivity index (χ3n) is 6.35. The first-order chi connectivity index (χ1) is 9.91. The summed E-state index contributed by atoms with van der Waals surface area (Å²) in [4.78, 5) is 12.2. The quantitative estimate of drug-likeness (QED) is 0.532. The maximum Gasteiger partial charge on any atom is 0.333 e. The Labute approximate surface area is 130 Å². The highest BCUT2D eigenvalue weighted by molar-refractivity contribution is 5.89. The van der Waals surface area contributed by atoms with Crippen molar-refractivity contribution in [1.29, 1.82) is 0 Å². The van der Waals surface area contributed by atoms with E-state index in [9.17, 15) is 4.79 Å². The van der Waals surface area contributed by atoms with Crippen LogP contribution in [0, 0.1) is 23.2 Å². The zero-order valence-corrected chi connectivity index (χ0v) is 14.5. The minimum absolute atomic E-state index is 0.0740. The van der Waals surface area contributed by atoms with Crippen molar-refractivity contribution in [3.05, 3.63) is 11.1 Å². The first-order valence-electron chi connectivity index (χ1n) is 8.79. The van der Waals surface area contributed by atoms with Gasteiger partial charge in [-0.25, -0.2) is 4.79 Å². The number of carbonyl (C=O) groups excluding carboxylic acids is 1. The maximum atomic E-state index is 12.2. The molecule has 0 aromatic rings. The van der Waals surface area contributed by atoms with Gasteiger partial charge in [0.1, 0.15) is 0 Å². The van der Waals surface area contributed by atoms with E-state index in [1.165, 1.54) is 24.8 Å². The fourth-order valence-electron chi connectivity index (χ4n) is 4.54. The second-order valence-corrected chi connectivity index (χ2v) is 7.57. The van der Waals surface area contributed by atoms with Gasteiger partial charge in [-0.05, 0) is 68.6 Å². The number of esters is 1. The molecule has 2 saturated carbocycles. The number of fused-ring (bicyclic) bond motifs is 1. The molecule has 120 valence electrons. The van der Waals surface area contributed by atoms with E-state index in [4.69, 9.17) is 4.74 Å². The van der Waals surface area contributed by atoms with E-state index in [0.717, 1.165) is 42.6 Å². The smallest absolute Gasteiger partial charge is 0.333 e. The van der Waals surface area contributed by atoms with E-state index in [1.807, 2.05) is 6.92 Å². The number of hydrogen-bond acceptors (Lipinski definition) is 2. The largest absolute Gasteiger partial charge is 0.463 e. The summed E-state index contributed by atoms with van der Waals surface area (Å²) in [6.45, 7) is 11.7. The van der Waals surface area contributed by atoms with E-state index < -0.39 is 0 Å². The third-order valence-corrected chi connectivity index (χ3v) is 6.35. The Hall–Kier alpha value is -0.790. The maximum absolute atomic E-state index is 12.2. The van der Waals surface area contributed by atoms with E-state index in [1.54, 1.807) is 0 Å². The summed E-state index contributed by atoms with van der Waals surface area (Å²) in [6.07, 6.45) is 7.04. The SMILES string of the molecule is CCOC(=O)C(CC)=C1CC[C@H]2CC[C@H](C)C(C)(C)[C@@H]2C1. The normalized spacial score (nSPS) is 34.0. The molecule has 0 aliphatic heterocycles. The van der Waals surface area contributed by atoms with Gasteiger partial charge in [-0.3, -0.25) is 0 Å². The molecule has 0 spiro atoms. The van der Waals surface area contributed by atoms with Crippen molar-refractivity contribution in [2.24, 2.45) is 23.2 Å².